The van der Waals surface area contributed by atoms with Crippen LogP contribution < -0.4 is 4.74 Å². The fourth-order valence-corrected chi connectivity index (χ4v) is 3.19. The van der Waals surface area contributed by atoms with Gasteiger partial charge in [-0.15, -0.1) is 0 Å². The zero-order valence-electron chi connectivity index (χ0n) is 11.8. The molecule has 0 aromatic heterocycles. The number of fused-ring (bicyclic) bond motifs is 4. The van der Waals surface area contributed by atoms with Crippen molar-refractivity contribution in [1.29, 1.82) is 0 Å². The number of para-hydroxylation sites is 1. The maximum atomic E-state index is 12.5. The summed E-state index contributed by atoms with van der Waals surface area (Å²) in [5.74, 6) is -0.973. The topological polar surface area (TPSA) is 55.8 Å². The van der Waals surface area contributed by atoms with Gasteiger partial charge in [0.05, 0.1) is 7.11 Å². The lowest BCUT2D eigenvalue weighted by Gasteiger charge is -2.51. The van der Waals surface area contributed by atoms with Gasteiger partial charge in [0.2, 0.25) is 5.91 Å². The first-order chi connectivity index (χ1) is 9.48. The quantitative estimate of drug-likeness (QED) is 0.576. The number of nitrogens with zero attached hydrogens (tertiary/aromatic N) is 1. The number of rotatable bonds is 1. The van der Waals surface area contributed by atoms with Crippen LogP contribution in [0.1, 0.15) is 24.8 Å². The lowest BCUT2D eigenvalue weighted by atomic mass is 9.74. The molecule has 2 aliphatic heterocycles. The Kier molecular flexibility index (Phi) is 2.74. The Labute approximate surface area is 117 Å². The molecule has 1 aromatic carbocycles. The minimum absolute atomic E-state index is 0.193. The zero-order valence-corrected chi connectivity index (χ0v) is 11.8. The molecule has 106 valence electrons. The van der Waals surface area contributed by atoms with Crippen molar-refractivity contribution in [3.05, 3.63) is 29.8 Å². The predicted octanol–water partition coefficient (Wildman–Crippen LogP) is 1.53. The molecule has 5 heteroatoms. The van der Waals surface area contributed by atoms with Crippen LogP contribution in [-0.2, 0) is 14.3 Å². The molecule has 1 saturated heterocycles. The number of methoxy groups -OCH3 is 1. The predicted molar refractivity (Wildman–Crippen MR) is 71.1 cm³/mol. The van der Waals surface area contributed by atoms with Crippen molar-refractivity contribution in [3.8, 4) is 5.75 Å². The number of hydrogen-bond donors (Lipinski definition) is 0. The van der Waals surface area contributed by atoms with Crippen LogP contribution in [0.5, 0.6) is 5.75 Å². The van der Waals surface area contributed by atoms with Crippen molar-refractivity contribution in [2.75, 3.05) is 14.2 Å². The lowest BCUT2D eigenvalue weighted by Crippen LogP contribution is -2.62. The Bertz CT molecular complexity index is 585. The van der Waals surface area contributed by atoms with Gasteiger partial charge in [0, 0.05) is 19.4 Å². The molecule has 0 aliphatic carbocycles. The molecule has 0 spiro atoms. The molecule has 5 nitrogen and oxygen atoms in total. The average Bonchev–Trinajstić information content (AvgIpc) is 2.44. The summed E-state index contributed by atoms with van der Waals surface area (Å²) in [5, 5.41) is 0. The fourth-order valence-electron chi connectivity index (χ4n) is 3.19. The van der Waals surface area contributed by atoms with Gasteiger partial charge in [-0.1, -0.05) is 18.2 Å². The first-order valence-corrected chi connectivity index (χ1v) is 6.61. The minimum Gasteiger partial charge on any atom is -0.468 e. The van der Waals surface area contributed by atoms with E-state index in [1.807, 2.05) is 31.2 Å². The van der Waals surface area contributed by atoms with Crippen molar-refractivity contribution < 1.29 is 19.1 Å². The Morgan fingerprint density at radius 2 is 2.15 bits per heavy atom. The van der Waals surface area contributed by atoms with Crippen LogP contribution in [0.25, 0.3) is 0 Å². The lowest BCUT2D eigenvalue weighted by molar-refractivity contribution is -0.177. The van der Waals surface area contributed by atoms with Crippen LogP contribution in [0.15, 0.2) is 24.3 Å². The summed E-state index contributed by atoms with van der Waals surface area (Å²) in [6.07, 6.45) is 0.589. The number of carbonyl (C=O) groups excluding carboxylic acids is 2. The van der Waals surface area contributed by atoms with E-state index < -0.39 is 17.6 Å². The van der Waals surface area contributed by atoms with Crippen molar-refractivity contribution >= 4 is 11.9 Å². The molecule has 20 heavy (non-hydrogen) atoms. The highest BCUT2D eigenvalue weighted by molar-refractivity contribution is 6.00. The monoisotopic (exact) mass is 275 g/mol. The molecule has 0 unspecified atom stereocenters. The van der Waals surface area contributed by atoms with E-state index in [1.54, 1.807) is 7.05 Å². The summed E-state index contributed by atoms with van der Waals surface area (Å²) in [6, 6.07) is 7.56. The third kappa shape index (κ3) is 1.62. The van der Waals surface area contributed by atoms with Gasteiger partial charge in [-0.2, -0.15) is 0 Å². The SMILES string of the molecule is COC(=O)[C@@H]1C(=O)N(C)[C@@]2(C)C[C@H]1c1ccccc1O2. The maximum Gasteiger partial charge on any atom is 0.318 e. The van der Waals surface area contributed by atoms with Gasteiger partial charge in [-0.3, -0.25) is 9.59 Å². The normalized spacial score (nSPS) is 31.4. The van der Waals surface area contributed by atoms with E-state index in [0.717, 1.165) is 11.3 Å². The first-order valence-electron chi connectivity index (χ1n) is 6.61. The highest BCUT2D eigenvalue weighted by atomic mass is 16.5. The molecule has 1 fully saturated rings. The molecule has 1 aromatic rings. The van der Waals surface area contributed by atoms with Gasteiger partial charge in [0.15, 0.2) is 5.72 Å². The summed E-state index contributed by atoms with van der Waals surface area (Å²) >= 11 is 0. The van der Waals surface area contributed by atoms with Crippen LogP contribution in [0, 0.1) is 5.92 Å². The molecular weight excluding hydrogens is 258 g/mol. The molecule has 2 bridgehead atoms. The van der Waals surface area contributed by atoms with Gasteiger partial charge in [-0.05, 0) is 18.6 Å². The molecule has 0 radical (unpaired) electrons. The largest absolute Gasteiger partial charge is 0.468 e. The van der Waals surface area contributed by atoms with Crippen molar-refractivity contribution in [2.45, 2.75) is 25.0 Å². The van der Waals surface area contributed by atoms with E-state index in [0.29, 0.717) is 6.42 Å². The van der Waals surface area contributed by atoms with Crippen LogP contribution in [-0.4, -0.2) is 36.7 Å². The Balaban J connectivity index is 2.14. The fraction of sp³-hybridized carbons (Fsp3) is 0.467. The molecule has 1 amide bonds. The zero-order chi connectivity index (χ0) is 14.5. The third-order valence-electron chi connectivity index (χ3n) is 4.41. The summed E-state index contributed by atoms with van der Waals surface area (Å²) in [5.41, 5.74) is 0.197. The third-order valence-corrected chi connectivity index (χ3v) is 4.41. The van der Waals surface area contributed by atoms with Gasteiger partial charge in [0.1, 0.15) is 11.7 Å². The van der Waals surface area contributed by atoms with Crippen molar-refractivity contribution in [2.24, 2.45) is 5.92 Å². The smallest absolute Gasteiger partial charge is 0.318 e. The maximum absolute atomic E-state index is 12.5. The van der Waals surface area contributed by atoms with Gasteiger partial charge in [0.25, 0.3) is 0 Å². The Morgan fingerprint density at radius 3 is 2.85 bits per heavy atom. The van der Waals surface area contributed by atoms with E-state index >= 15 is 0 Å². The van der Waals surface area contributed by atoms with Gasteiger partial charge < -0.3 is 14.4 Å². The number of esters is 1. The molecular formula is C15H17NO4. The summed E-state index contributed by atoms with van der Waals surface area (Å²) in [6.45, 7) is 1.88. The van der Waals surface area contributed by atoms with Crippen LogP contribution in [0.2, 0.25) is 0 Å². The second-order valence-electron chi connectivity index (χ2n) is 5.52. The van der Waals surface area contributed by atoms with Crippen LogP contribution in [0.4, 0.5) is 0 Å². The Morgan fingerprint density at radius 1 is 1.45 bits per heavy atom. The number of carbonyl (C=O) groups is 2. The van der Waals surface area contributed by atoms with E-state index in [-0.39, 0.29) is 11.8 Å². The van der Waals surface area contributed by atoms with Gasteiger partial charge in [-0.25, -0.2) is 0 Å². The standard InChI is InChI=1S/C15H17NO4/c1-15-8-10(9-6-4-5-7-11(9)20-15)12(14(18)19-3)13(17)16(15)2/h4-7,10,12H,8H2,1-3H3/t10-,12-,15+/m0/s1. The van der Waals surface area contributed by atoms with Crippen molar-refractivity contribution in [1.82, 2.24) is 4.90 Å². The first kappa shape index (κ1) is 13.0. The van der Waals surface area contributed by atoms with E-state index in [4.69, 9.17) is 9.47 Å². The summed E-state index contributed by atoms with van der Waals surface area (Å²) < 4.78 is 10.8. The molecule has 2 heterocycles. The second kappa shape index (κ2) is 4.23. The summed E-state index contributed by atoms with van der Waals surface area (Å²) in [7, 11) is 2.98. The van der Waals surface area contributed by atoms with Crippen LogP contribution >= 0.6 is 0 Å². The molecule has 0 N–H and O–H groups in total. The number of benzene rings is 1. The average molecular weight is 275 g/mol. The van der Waals surface area contributed by atoms with Crippen LogP contribution in [0.3, 0.4) is 0 Å². The number of likely N-dealkylation sites (tertiary alicyclic amines) is 1. The number of amides is 1. The minimum atomic E-state index is -0.789. The van der Waals surface area contributed by atoms with Crippen molar-refractivity contribution in [3.63, 3.8) is 0 Å². The summed E-state index contributed by atoms with van der Waals surface area (Å²) in [4.78, 5) is 26.0. The number of piperidine rings is 1. The number of hydrogen-bond acceptors (Lipinski definition) is 4. The van der Waals surface area contributed by atoms with E-state index in [2.05, 4.69) is 0 Å². The molecule has 3 rings (SSSR count). The highest BCUT2D eigenvalue weighted by Gasteiger charge is 2.55. The molecule has 3 atom stereocenters. The molecule has 2 aliphatic rings. The van der Waals surface area contributed by atoms with E-state index in [9.17, 15) is 9.59 Å². The van der Waals surface area contributed by atoms with E-state index in [1.165, 1.54) is 12.0 Å². The second-order valence-corrected chi connectivity index (χ2v) is 5.52. The Hall–Kier alpha value is -2.04. The molecule has 0 saturated carbocycles. The highest BCUT2D eigenvalue weighted by Crippen LogP contribution is 2.49. The van der Waals surface area contributed by atoms with Gasteiger partial charge >= 0.3 is 5.97 Å². The number of ether oxygens (including phenoxy) is 2.